The van der Waals surface area contributed by atoms with Crippen molar-refractivity contribution in [2.45, 2.75) is 66.3 Å². The van der Waals surface area contributed by atoms with Gasteiger partial charge in [-0.2, -0.15) is 0 Å². The van der Waals surface area contributed by atoms with Crippen LogP contribution in [0.3, 0.4) is 0 Å². The quantitative estimate of drug-likeness (QED) is 0.828. The fourth-order valence-corrected chi connectivity index (χ4v) is 3.52. The lowest BCUT2D eigenvalue weighted by molar-refractivity contribution is -0.140. The van der Waals surface area contributed by atoms with Crippen molar-refractivity contribution in [1.29, 1.82) is 0 Å². The van der Waals surface area contributed by atoms with E-state index >= 15 is 0 Å². The third-order valence-electron chi connectivity index (χ3n) is 4.25. The molecule has 1 fully saturated rings. The van der Waals surface area contributed by atoms with Crippen LogP contribution < -0.4 is 0 Å². The summed E-state index contributed by atoms with van der Waals surface area (Å²) in [7, 11) is 0. The average molecular weight is 269 g/mol. The fourth-order valence-electron chi connectivity index (χ4n) is 3.52. The smallest absolute Gasteiger partial charge is 0.317 e. The highest BCUT2D eigenvalue weighted by Gasteiger charge is 2.37. The van der Waals surface area contributed by atoms with E-state index in [9.17, 15) is 9.90 Å². The summed E-state index contributed by atoms with van der Waals surface area (Å²) in [5.74, 6) is 0.431. The van der Waals surface area contributed by atoms with Gasteiger partial charge in [-0.1, -0.05) is 47.5 Å². The van der Waals surface area contributed by atoms with Crippen LogP contribution in [-0.4, -0.2) is 35.1 Å². The monoisotopic (exact) mass is 269 g/mol. The second-order valence-electron chi connectivity index (χ2n) is 7.54. The molecule has 1 saturated carbocycles. The van der Waals surface area contributed by atoms with Gasteiger partial charge in [0.25, 0.3) is 0 Å². The summed E-state index contributed by atoms with van der Waals surface area (Å²) in [6.07, 6.45) is 4.93. The van der Waals surface area contributed by atoms with Crippen LogP contribution in [0.5, 0.6) is 0 Å². The van der Waals surface area contributed by atoms with Gasteiger partial charge in [0.05, 0.1) is 6.54 Å². The molecule has 0 saturated heterocycles. The first-order valence-corrected chi connectivity index (χ1v) is 7.67. The SMILES string of the molecule is CC(C)CN(CC(=O)O)C1CCCCC1C(C)(C)C. The van der Waals surface area contributed by atoms with Crippen molar-refractivity contribution in [2.24, 2.45) is 17.3 Å². The molecule has 0 aliphatic heterocycles. The van der Waals surface area contributed by atoms with E-state index in [4.69, 9.17) is 0 Å². The molecule has 19 heavy (non-hydrogen) atoms. The summed E-state index contributed by atoms with van der Waals surface area (Å²) in [5.41, 5.74) is 0.263. The third kappa shape index (κ3) is 5.13. The molecule has 0 aromatic carbocycles. The zero-order chi connectivity index (χ0) is 14.6. The normalized spacial score (nSPS) is 25.0. The van der Waals surface area contributed by atoms with E-state index in [1.807, 2.05) is 0 Å². The van der Waals surface area contributed by atoms with Crippen molar-refractivity contribution in [3.63, 3.8) is 0 Å². The highest BCUT2D eigenvalue weighted by atomic mass is 16.4. The molecular formula is C16H31NO2. The number of aliphatic carboxylic acids is 1. The maximum Gasteiger partial charge on any atom is 0.317 e. The minimum atomic E-state index is -0.695. The van der Waals surface area contributed by atoms with Crippen LogP contribution in [0.25, 0.3) is 0 Å². The lowest BCUT2D eigenvalue weighted by atomic mass is 9.69. The Morgan fingerprint density at radius 1 is 1.26 bits per heavy atom. The van der Waals surface area contributed by atoms with E-state index in [1.54, 1.807) is 0 Å². The predicted octanol–water partition coefficient (Wildman–Crippen LogP) is 3.63. The minimum Gasteiger partial charge on any atom is -0.480 e. The van der Waals surface area contributed by atoms with Crippen LogP contribution in [0.2, 0.25) is 0 Å². The Morgan fingerprint density at radius 3 is 2.32 bits per heavy atom. The number of carbonyl (C=O) groups is 1. The molecule has 0 bridgehead atoms. The van der Waals surface area contributed by atoms with Crippen LogP contribution in [0, 0.1) is 17.3 Å². The van der Waals surface area contributed by atoms with Gasteiger partial charge in [-0.25, -0.2) is 0 Å². The van der Waals surface area contributed by atoms with Gasteiger partial charge in [0.15, 0.2) is 0 Å². The van der Waals surface area contributed by atoms with Crippen molar-refractivity contribution in [1.82, 2.24) is 4.90 Å². The summed E-state index contributed by atoms with van der Waals surface area (Å²) >= 11 is 0. The Hall–Kier alpha value is -0.570. The molecule has 0 aromatic heterocycles. The van der Waals surface area contributed by atoms with Crippen molar-refractivity contribution in [2.75, 3.05) is 13.1 Å². The second-order valence-corrected chi connectivity index (χ2v) is 7.54. The Morgan fingerprint density at radius 2 is 1.84 bits per heavy atom. The molecule has 1 rings (SSSR count). The summed E-state index contributed by atoms with van der Waals surface area (Å²) in [5, 5.41) is 9.17. The van der Waals surface area contributed by atoms with Crippen LogP contribution in [0.4, 0.5) is 0 Å². The van der Waals surface area contributed by atoms with Crippen molar-refractivity contribution in [3.8, 4) is 0 Å². The lowest BCUT2D eigenvalue weighted by Gasteiger charge is -2.46. The first kappa shape index (κ1) is 16.5. The molecule has 3 heteroatoms. The summed E-state index contributed by atoms with van der Waals surface area (Å²) in [6, 6.07) is 0.437. The van der Waals surface area contributed by atoms with Crippen molar-refractivity contribution < 1.29 is 9.90 Å². The van der Waals surface area contributed by atoms with Crippen molar-refractivity contribution >= 4 is 5.97 Å². The van der Waals surface area contributed by atoms with E-state index in [0.717, 1.165) is 13.0 Å². The van der Waals surface area contributed by atoms with Crippen LogP contribution in [-0.2, 0) is 4.79 Å². The van der Waals surface area contributed by atoms with Gasteiger partial charge in [0.1, 0.15) is 0 Å². The van der Waals surface area contributed by atoms with Gasteiger partial charge >= 0.3 is 5.97 Å². The first-order chi connectivity index (χ1) is 8.71. The number of nitrogens with zero attached hydrogens (tertiary/aromatic N) is 1. The molecule has 2 unspecified atom stereocenters. The molecule has 0 radical (unpaired) electrons. The number of rotatable bonds is 5. The third-order valence-corrected chi connectivity index (χ3v) is 4.25. The van der Waals surface area contributed by atoms with Crippen LogP contribution >= 0.6 is 0 Å². The second kappa shape index (κ2) is 6.74. The largest absolute Gasteiger partial charge is 0.480 e. The molecule has 0 aromatic rings. The highest BCUT2D eigenvalue weighted by molar-refractivity contribution is 5.69. The predicted molar refractivity (Wildman–Crippen MR) is 79.2 cm³/mol. The Balaban J connectivity index is 2.86. The maximum absolute atomic E-state index is 11.1. The van der Waals surface area contributed by atoms with Crippen LogP contribution in [0.1, 0.15) is 60.3 Å². The molecule has 0 spiro atoms. The zero-order valence-electron chi connectivity index (χ0n) is 13.3. The Kier molecular flexibility index (Phi) is 5.84. The Labute approximate surface area is 118 Å². The molecule has 3 nitrogen and oxygen atoms in total. The highest BCUT2D eigenvalue weighted by Crippen LogP contribution is 2.40. The van der Waals surface area contributed by atoms with Crippen molar-refractivity contribution in [3.05, 3.63) is 0 Å². The standard InChI is InChI=1S/C16H31NO2/c1-12(2)10-17(11-15(18)19)14-9-7-6-8-13(14)16(3,4)5/h12-14H,6-11H2,1-5H3,(H,18,19). The van der Waals surface area contributed by atoms with E-state index < -0.39 is 5.97 Å². The molecule has 112 valence electrons. The molecule has 0 amide bonds. The van der Waals surface area contributed by atoms with Gasteiger partial charge in [-0.3, -0.25) is 9.69 Å². The van der Waals surface area contributed by atoms with E-state index in [-0.39, 0.29) is 12.0 Å². The van der Waals surface area contributed by atoms with Gasteiger partial charge in [0.2, 0.25) is 0 Å². The summed E-state index contributed by atoms with van der Waals surface area (Å²) in [6.45, 7) is 12.3. The van der Waals surface area contributed by atoms with E-state index in [0.29, 0.717) is 17.9 Å². The summed E-state index contributed by atoms with van der Waals surface area (Å²) in [4.78, 5) is 13.4. The van der Waals surface area contributed by atoms with Gasteiger partial charge in [-0.05, 0) is 30.1 Å². The minimum absolute atomic E-state index is 0.190. The number of carboxylic acids is 1. The molecule has 1 aliphatic rings. The van der Waals surface area contributed by atoms with Crippen LogP contribution in [0.15, 0.2) is 0 Å². The lowest BCUT2D eigenvalue weighted by Crippen LogP contribution is -2.49. The maximum atomic E-state index is 11.1. The topological polar surface area (TPSA) is 40.5 Å². The molecule has 1 N–H and O–H groups in total. The van der Waals surface area contributed by atoms with E-state index in [2.05, 4.69) is 39.5 Å². The fraction of sp³-hybridized carbons (Fsp3) is 0.938. The Bertz CT molecular complexity index is 294. The number of carboxylic acid groups (broad SMARTS) is 1. The molecule has 0 heterocycles. The molecular weight excluding hydrogens is 238 g/mol. The molecule has 1 aliphatic carbocycles. The zero-order valence-corrected chi connectivity index (χ0v) is 13.3. The number of hydrogen-bond acceptors (Lipinski definition) is 2. The molecule has 2 atom stereocenters. The van der Waals surface area contributed by atoms with Gasteiger partial charge < -0.3 is 5.11 Å². The first-order valence-electron chi connectivity index (χ1n) is 7.67. The van der Waals surface area contributed by atoms with E-state index in [1.165, 1.54) is 19.3 Å². The number of hydrogen-bond donors (Lipinski definition) is 1. The average Bonchev–Trinajstić information content (AvgIpc) is 2.25. The van der Waals surface area contributed by atoms with Gasteiger partial charge in [0, 0.05) is 12.6 Å². The summed E-state index contributed by atoms with van der Waals surface area (Å²) < 4.78 is 0. The van der Waals surface area contributed by atoms with Gasteiger partial charge in [-0.15, -0.1) is 0 Å².